The van der Waals surface area contributed by atoms with Gasteiger partial charge in [0.25, 0.3) is 5.56 Å². The topological polar surface area (TPSA) is 83.8 Å². The molecule has 4 N–H and O–H groups in total. The minimum atomic E-state index is -0.182. The van der Waals surface area contributed by atoms with Gasteiger partial charge in [-0.25, -0.2) is 5.10 Å². The third-order valence-electron chi connectivity index (χ3n) is 2.34. The van der Waals surface area contributed by atoms with Crippen LogP contribution < -0.4 is 16.6 Å². The summed E-state index contributed by atoms with van der Waals surface area (Å²) in [5.41, 5.74) is 6.25. The van der Waals surface area contributed by atoms with Crippen LogP contribution in [0.15, 0.2) is 16.9 Å². The number of aromatic amines is 1. The molecular weight excluding hydrogens is 192 g/mol. The van der Waals surface area contributed by atoms with Gasteiger partial charge in [0.1, 0.15) is 0 Å². The molecule has 1 aromatic rings. The fourth-order valence-electron chi connectivity index (χ4n) is 1.30. The number of nitrogens with one attached hydrogen (secondary N) is 2. The highest BCUT2D eigenvalue weighted by Crippen LogP contribution is 2.00. The van der Waals surface area contributed by atoms with Gasteiger partial charge in [-0.15, -0.1) is 0 Å². The Kier molecular flexibility index (Phi) is 4.45. The summed E-state index contributed by atoms with van der Waals surface area (Å²) >= 11 is 0. The lowest BCUT2D eigenvalue weighted by Crippen LogP contribution is -2.40. The Balaban J connectivity index is 2.49. The fraction of sp³-hybridized carbons (Fsp3) is 0.600. The normalized spacial score (nSPS) is 13.1. The first-order valence-corrected chi connectivity index (χ1v) is 5.11. The van der Waals surface area contributed by atoms with Crippen molar-refractivity contribution in [1.82, 2.24) is 15.5 Å². The molecule has 84 valence electrons. The summed E-state index contributed by atoms with van der Waals surface area (Å²) in [5, 5.41) is 9.59. The number of hydrogen-bond donors (Lipinski definition) is 3. The highest BCUT2D eigenvalue weighted by molar-refractivity contribution is 4.99. The van der Waals surface area contributed by atoms with E-state index in [0.29, 0.717) is 19.0 Å². The standard InChI is InChI=1S/C10H18N4O/c1-7(2)9(5-11)12-6-8-3-4-10(15)14-13-8/h3-4,7,9,12H,5-6,11H2,1-2H3,(H,14,15). The van der Waals surface area contributed by atoms with Gasteiger partial charge in [-0.1, -0.05) is 13.8 Å². The van der Waals surface area contributed by atoms with Crippen LogP contribution >= 0.6 is 0 Å². The second kappa shape index (κ2) is 5.63. The predicted molar refractivity (Wildman–Crippen MR) is 59.4 cm³/mol. The molecule has 0 aliphatic carbocycles. The third kappa shape index (κ3) is 3.81. The molecule has 0 aromatic carbocycles. The Labute approximate surface area is 89.1 Å². The van der Waals surface area contributed by atoms with E-state index in [1.807, 2.05) is 0 Å². The summed E-state index contributed by atoms with van der Waals surface area (Å²) in [4.78, 5) is 10.8. The first kappa shape index (κ1) is 11.9. The number of rotatable bonds is 5. The third-order valence-corrected chi connectivity index (χ3v) is 2.34. The van der Waals surface area contributed by atoms with Gasteiger partial charge in [0.05, 0.1) is 5.69 Å². The first-order chi connectivity index (χ1) is 7.13. The number of hydrogen-bond acceptors (Lipinski definition) is 4. The van der Waals surface area contributed by atoms with Crippen molar-refractivity contribution in [3.8, 4) is 0 Å². The molecule has 5 heteroatoms. The first-order valence-electron chi connectivity index (χ1n) is 5.11. The molecule has 0 bridgehead atoms. The second-order valence-corrected chi connectivity index (χ2v) is 3.88. The van der Waals surface area contributed by atoms with Crippen molar-refractivity contribution in [3.05, 3.63) is 28.2 Å². The zero-order valence-corrected chi connectivity index (χ0v) is 9.16. The largest absolute Gasteiger partial charge is 0.329 e. The van der Waals surface area contributed by atoms with Gasteiger partial charge in [-0.2, -0.15) is 5.10 Å². The summed E-state index contributed by atoms with van der Waals surface area (Å²) < 4.78 is 0. The zero-order chi connectivity index (χ0) is 11.3. The molecule has 0 aliphatic rings. The van der Waals surface area contributed by atoms with Crippen molar-refractivity contribution in [2.24, 2.45) is 11.7 Å². The Morgan fingerprint density at radius 1 is 1.53 bits per heavy atom. The maximum Gasteiger partial charge on any atom is 0.264 e. The molecule has 0 saturated heterocycles. The molecule has 1 unspecified atom stereocenters. The summed E-state index contributed by atoms with van der Waals surface area (Å²) in [7, 11) is 0. The average molecular weight is 210 g/mol. The van der Waals surface area contributed by atoms with E-state index in [1.165, 1.54) is 6.07 Å². The van der Waals surface area contributed by atoms with Crippen LogP contribution in [0.3, 0.4) is 0 Å². The van der Waals surface area contributed by atoms with Crippen LogP contribution in [-0.4, -0.2) is 22.8 Å². The lowest BCUT2D eigenvalue weighted by Gasteiger charge is -2.19. The van der Waals surface area contributed by atoms with Crippen LogP contribution in [-0.2, 0) is 6.54 Å². The highest BCUT2D eigenvalue weighted by Gasteiger charge is 2.10. The summed E-state index contributed by atoms with van der Waals surface area (Å²) in [5.74, 6) is 0.484. The monoisotopic (exact) mass is 210 g/mol. The lowest BCUT2D eigenvalue weighted by atomic mass is 10.0. The van der Waals surface area contributed by atoms with Crippen molar-refractivity contribution in [2.45, 2.75) is 26.4 Å². The molecule has 1 rings (SSSR count). The van der Waals surface area contributed by atoms with Crippen molar-refractivity contribution in [1.29, 1.82) is 0 Å². The molecule has 0 spiro atoms. The lowest BCUT2D eigenvalue weighted by molar-refractivity contribution is 0.402. The van der Waals surface area contributed by atoms with Crippen LogP contribution in [0.25, 0.3) is 0 Å². The SMILES string of the molecule is CC(C)C(CN)NCc1ccc(=O)[nH]n1. The molecule has 0 fully saturated rings. The Morgan fingerprint density at radius 3 is 2.73 bits per heavy atom. The van der Waals surface area contributed by atoms with Crippen molar-refractivity contribution < 1.29 is 0 Å². The number of aromatic nitrogens is 2. The zero-order valence-electron chi connectivity index (χ0n) is 9.16. The van der Waals surface area contributed by atoms with Crippen LogP contribution in [0.5, 0.6) is 0 Å². The molecule has 1 aromatic heterocycles. The molecule has 1 heterocycles. The molecular formula is C10H18N4O. The maximum absolute atomic E-state index is 10.8. The van der Waals surface area contributed by atoms with E-state index < -0.39 is 0 Å². The molecule has 15 heavy (non-hydrogen) atoms. The Morgan fingerprint density at radius 2 is 2.27 bits per heavy atom. The molecule has 0 saturated carbocycles. The van der Waals surface area contributed by atoms with Crippen molar-refractivity contribution in [2.75, 3.05) is 6.54 Å². The molecule has 1 atom stereocenters. The van der Waals surface area contributed by atoms with E-state index in [-0.39, 0.29) is 11.6 Å². The number of nitrogens with zero attached hydrogens (tertiary/aromatic N) is 1. The van der Waals surface area contributed by atoms with E-state index >= 15 is 0 Å². The highest BCUT2D eigenvalue weighted by atomic mass is 16.1. The van der Waals surface area contributed by atoms with Gasteiger partial charge in [-0.3, -0.25) is 4.79 Å². The van der Waals surface area contributed by atoms with E-state index in [0.717, 1.165) is 5.69 Å². The van der Waals surface area contributed by atoms with Crippen LogP contribution in [0.1, 0.15) is 19.5 Å². The van der Waals surface area contributed by atoms with Gasteiger partial charge in [0.15, 0.2) is 0 Å². The van der Waals surface area contributed by atoms with E-state index in [4.69, 9.17) is 5.73 Å². The van der Waals surface area contributed by atoms with Crippen LogP contribution in [0.4, 0.5) is 0 Å². The minimum Gasteiger partial charge on any atom is -0.329 e. The predicted octanol–water partition coefficient (Wildman–Crippen LogP) is -0.157. The van der Waals surface area contributed by atoms with Gasteiger partial charge < -0.3 is 11.1 Å². The molecule has 0 amide bonds. The second-order valence-electron chi connectivity index (χ2n) is 3.88. The van der Waals surface area contributed by atoms with Gasteiger partial charge in [-0.05, 0) is 12.0 Å². The summed E-state index contributed by atoms with van der Waals surface area (Å²) in [6, 6.07) is 3.45. The quantitative estimate of drug-likeness (QED) is 0.630. The van der Waals surface area contributed by atoms with E-state index in [1.54, 1.807) is 6.07 Å². The Bertz CT molecular complexity index is 327. The van der Waals surface area contributed by atoms with Crippen LogP contribution in [0, 0.1) is 5.92 Å². The average Bonchev–Trinajstić information content (AvgIpc) is 2.21. The van der Waals surface area contributed by atoms with Gasteiger partial charge >= 0.3 is 0 Å². The fourth-order valence-corrected chi connectivity index (χ4v) is 1.30. The minimum absolute atomic E-state index is 0.182. The van der Waals surface area contributed by atoms with Gasteiger partial charge in [0, 0.05) is 25.2 Å². The summed E-state index contributed by atoms with van der Waals surface area (Å²) in [6.07, 6.45) is 0. The molecule has 0 radical (unpaired) electrons. The van der Waals surface area contributed by atoms with E-state index in [9.17, 15) is 4.79 Å². The summed E-state index contributed by atoms with van der Waals surface area (Å²) in [6.45, 7) is 5.45. The van der Waals surface area contributed by atoms with Crippen molar-refractivity contribution in [3.63, 3.8) is 0 Å². The van der Waals surface area contributed by atoms with Gasteiger partial charge in [0.2, 0.25) is 0 Å². The Hall–Kier alpha value is -1.20. The van der Waals surface area contributed by atoms with Crippen LogP contribution in [0.2, 0.25) is 0 Å². The van der Waals surface area contributed by atoms with E-state index in [2.05, 4.69) is 29.4 Å². The smallest absolute Gasteiger partial charge is 0.264 e. The van der Waals surface area contributed by atoms with Crippen molar-refractivity contribution >= 4 is 0 Å². The maximum atomic E-state index is 10.8. The molecule has 0 aliphatic heterocycles. The number of nitrogens with two attached hydrogens (primary N) is 1. The molecule has 5 nitrogen and oxygen atoms in total. The number of H-pyrrole nitrogens is 1.